The Morgan fingerprint density at radius 2 is 1.63 bits per heavy atom. The van der Waals surface area contributed by atoms with Crippen LogP contribution in [0.1, 0.15) is 6.92 Å². The summed E-state index contributed by atoms with van der Waals surface area (Å²) >= 11 is 0. The monoisotopic (exact) mass is 424 g/mol. The van der Waals surface area contributed by atoms with Gasteiger partial charge in [-0.15, -0.1) is 0 Å². The van der Waals surface area contributed by atoms with Crippen molar-refractivity contribution in [1.82, 2.24) is 14.3 Å². The minimum Gasteiger partial charge on any atom is -0.494 e. The summed E-state index contributed by atoms with van der Waals surface area (Å²) in [6.45, 7) is 4.39. The molecule has 0 aliphatic carbocycles. The zero-order valence-corrected chi connectivity index (χ0v) is 17.6. The highest BCUT2D eigenvalue weighted by Gasteiger charge is 2.29. The van der Waals surface area contributed by atoms with Crippen molar-refractivity contribution < 1.29 is 13.2 Å². The third-order valence-corrected chi connectivity index (χ3v) is 6.97. The molecule has 0 atom stereocenters. The Kier molecular flexibility index (Phi) is 5.96. The second-order valence-corrected chi connectivity index (χ2v) is 8.86. The van der Waals surface area contributed by atoms with E-state index in [1.54, 1.807) is 30.6 Å². The van der Waals surface area contributed by atoms with Crippen molar-refractivity contribution in [3.8, 4) is 17.0 Å². The third-order valence-electron chi connectivity index (χ3n) is 5.06. The standard InChI is InChI=1S/C22H24N4O3S/c1-2-29-19-8-10-20(11-9-19)30(27,28)26-14-12-25(13-15-26)22-16-21(23-17-24-22)18-6-4-3-5-7-18/h3-11,16-17H,2,12-15H2,1H3. The minimum atomic E-state index is -3.53. The normalized spacial score (nSPS) is 15.2. The number of piperazine rings is 1. The minimum absolute atomic E-state index is 0.285. The first-order chi connectivity index (χ1) is 14.6. The van der Waals surface area contributed by atoms with E-state index in [1.807, 2.05) is 43.3 Å². The molecule has 1 aliphatic rings. The SMILES string of the molecule is CCOc1ccc(S(=O)(=O)N2CCN(c3cc(-c4ccccc4)ncn3)CC2)cc1. The highest BCUT2D eigenvalue weighted by atomic mass is 32.2. The summed E-state index contributed by atoms with van der Waals surface area (Å²) < 4.78 is 32.9. The number of nitrogens with zero attached hydrogens (tertiary/aromatic N) is 4. The van der Waals surface area contributed by atoms with Gasteiger partial charge < -0.3 is 9.64 Å². The van der Waals surface area contributed by atoms with Crippen molar-refractivity contribution in [3.63, 3.8) is 0 Å². The summed E-state index contributed by atoms with van der Waals surface area (Å²) in [5, 5.41) is 0. The number of anilines is 1. The molecule has 1 aliphatic heterocycles. The Hall–Kier alpha value is -2.97. The van der Waals surface area contributed by atoms with E-state index in [0.29, 0.717) is 38.5 Å². The zero-order valence-electron chi connectivity index (χ0n) is 16.8. The van der Waals surface area contributed by atoms with Crippen molar-refractivity contribution >= 4 is 15.8 Å². The van der Waals surface area contributed by atoms with Gasteiger partial charge in [-0.25, -0.2) is 18.4 Å². The van der Waals surface area contributed by atoms with Gasteiger partial charge in [0.1, 0.15) is 17.9 Å². The van der Waals surface area contributed by atoms with Crippen LogP contribution in [0, 0.1) is 0 Å². The van der Waals surface area contributed by atoms with Crippen molar-refractivity contribution in [2.24, 2.45) is 0 Å². The van der Waals surface area contributed by atoms with Crippen molar-refractivity contribution in [2.75, 3.05) is 37.7 Å². The summed E-state index contributed by atoms with van der Waals surface area (Å²) in [6, 6.07) is 18.5. The molecule has 0 saturated carbocycles. The van der Waals surface area contributed by atoms with Crippen LogP contribution in [0.15, 0.2) is 71.9 Å². The van der Waals surface area contributed by atoms with Crippen molar-refractivity contribution in [2.45, 2.75) is 11.8 Å². The lowest BCUT2D eigenvalue weighted by atomic mass is 10.1. The van der Waals surface area contributed by atoms with E-state index in [4.69, 9.17) is 4.74 Å². The summed E-state index contributed by atoms with van der Waals surface area (Å²) in [7, 11) is -3.53. The highest BCUT2D eigenvalue weighted by molar-refractivity contribution is 7.89. The molecule has 2 aromatic carbocycles. The molecule has 1 saturated heterocycles. The predicted octanol–water partition coefficient (Wildman–Crippen LogP) is 3.05. The zero-order chi connectivity index (χ0) is 21.0. The third kappa shape index (κ3) is 4.29. The molecule has 1 aromatic heterocycles. The number of rotatable bonds is 6. The topological polar surface area (TPSA) is 75.6 Å². The van der Waals surface area contributed by atoms with E-state index in [1.165, 1.54) is 4.31 Å². The molecule has 0 amide bonds. The lowest BCUT2D eigenvalue weighted by Gasteiger charge is -2.34. The smallest absolute Gasteiger partial charge is 0.243 e. The summed E-state index contributed by atoms with van der Waals surface area (Å²) in [4.78, 5) is 11.1. The number of hydrogen-bond donors (Lipinski definition) is 0. The molecule has 3 aromatic rings. The molecular formula is C22H24N4O3S. The highest BCUT2D eigenvalue weighted by Crippen LogP contribution is 2.24. The summed E-state index contributed by atoms with van der Waals surface area (Å²) in [6.07, 6.45) is 1.56. The van der Waals surface area contributed by atoms with Gasteiger partial charge in [0.25, 0.3) is 0 Å². The molecule has 0 radical (unpaired) electrons. The van der Waals surface area contributed by atoms with Crippen molar-refractivity contribution in [1.29, 1.82) is 0 Å². The van der Waals surface area contributed by atoms with Crippen molar-refractivity contribution in [3.05, 3.63) is 67.0 Å². The molecule has 1 fully saturated rings. The van der Waals surface area contributed by atoms with Crippen LogP contribution in [0.25, 0.3) is 11.3 Å². The second kappa shape index (κ2) is 8.81. The van der Waals surface area contributed by atoms with E-state index >= 15 is 0 Å². The van der Waals surface area contributed by atoms with Gasteiger partial charge in [-0.2, -0.15) is 4.31 Å². The molecule has 2 heterocycles. The average Bonchev–Trinajstić information content (AvgIpc) is 2.80. The number of sulfonamides is 1. The van der Waals surface area contributed by atoms with Gasteiger partial charge in [-0.1, -0.05) is 30.3 Å². The Labute approximate surface area is 177 Å². The van der Waals surface area contributed by atoms with Crippen LogP contribution in [-0.2, 0) is 10.0 Å². The van der Waals surface area contributed by atoms with E-state index in [-0.39, 0.29) is 4.90 Å². The van der Waals surface area contributed by atoms with E-state index < -0.39 is 10.0 Å². The molecule has 0 spiro atoms. The summed E-state index contributed by atoms with van der Waals surface area (Å²) in [5.74, 6) is 1.47. The van der Waals surface area contributed by atoms with Crippen LogP contribution in [0.2, 0.25) is 0 Å². The maximum atomic E-state index is 13.0. The number of ether oxygens (including phenoxy) is 1. The van der Waals surface area contributed by atoms with Crippen LogP contribution >= 0.6 is 0 Å². The molecule has 0 N–H and O–H groups in total. The number of benzene rings is 2. The lowest BCUT2D eigenvalue weighted by Crippen LogP contribution is -2.48. The van der Waals surface area contributed by atoms with Gasteiger partial charge in [-0.05, 0) is 31.2 Å². The van der Waals surface area contributed by atoms with Crippen LogP contribution < -0.4 is 9.64 Å². The van der Waals surface area contributed by atoms with Crippen LogP contribution in [0.3, 0.4) is 0 Å². The first kappa shape index (κ1) is 20.3. The molecule has 4 rings (SSSR count). The van der Waals surface area contributed by atoms with Gasteiger partial charge in [-0.3, -0.25) is 0 Å². The van der Waals surface area contributed by atoms with Crippen LogP contribution in [0.4, 0.5) is 5.82 Å². The van der Waals surface area contributed by atoms with Gasteiger partial charge >= 0.3 is 0 Å². The van der Waals surface area contributed by atoms with Gasteiger partial charge in [0.15, 0.2) is 0 Å². The first-order valence-electron chi connectivity index (χ1n) is 9.93. The molecule has 0 unspecified atom stereocenters. The Bertz CT molecular complexity index is 1080. The maximum absolute atomic E-state index is 13.0. The fraction of sp³-hybridized carbons (Fsp3) is 0.273. The predicted molar refractivity (Wildman–Crippen MR) is 116 cm³/mol. The van der Waals surface area contributed by atoms with Crippen LogP contribution in [-0.4, -0.2) is 55.5 Å². The molecule has 156 valence electrons. The molecule has 7 nitrogen and oxygen atoms in total. The molecule has 30 heavy (non-hydrogen) atoms. The summed E-state index contributed by atoms with van der Waals surface area (Å²) in [5.41, 5.74) is 1.88. The van der Waals surface area contributed by atoms with Gasteiger partial charge in [0.05, 0.1) is 17.2 Å². The molecular weight excluding hydrogens is 400 g/mol. The van der Waals surface area contributed by atoms with Gasteiger partial charge in [0.2, 0.25) is 10.0 Å². The fourth-order valence-electron chi connectivity index (χ4n) is 3.47. The average molecular weight is 425 g/mol. The Morgan fingerprint density at radius 1 is 0.933 bits per heavy atom. The van der Waals surface area contributed by atoms with Crippen LogP contribution in [0.5, 0.6) is 5.75 Å². The molecule has 0 bridgehead atoms. The second-order valence-electron chi connectivity index (χ2n) is 6.92. The molecule has 8 heteroatoms. The fourth-order valence-corrected chi connectivity index (χ4v) is 4.89. The van der Waals surface area contributed by atoms with E-state index in [9.17, 15) is 8.42 Å². The number of hydrogen-bond acceptors (Lipinski definition) is 6. The first-order valence-corrected chi connectivity index (χ1v) is 11.4. The lowest BCUT2D eigenvalue weighted by molar-refractivity contribution is 0.340. The van der Waals surface area contributed by atoms with Gasteiger partial charge in [0, 0.05) is 37.8 Å². The van der Waals surface area contributed by atoms with E-state index in [2.05, 4.69) is 14.9 Å². The Morgan fingerprint density at radius 3 is 2.30 bits per heavy atom. The Balaban J connectivity index is 1.45. The number of aromatic nitrogens is 2. The maximum Gasteiger partial charge on any atom is 0.243 e. The quantitative estimate of drug-likeness (QED) is 0.605. The largest absolute Gasteiger partial charge is 0.494 e. The van der Waals surface area contributed by atoms with E-state index in [0.717, 1.165) is 17.1 Å².